The summed E-state index contributed by atoms with van der Waals surface area (Å²) in [5.74, 6) is 0.415. The molecular formula is C21H15Br2ClN2O2. The van der Waals surface area contributed by atoms with E-state index in [4.69, 9.17) is 16.3 Å². The van der Waals surface area contributed by atoms with Gasteiger partial charge in [-0.1, -0.05) is 45.7 Å². The van der Waals surface area contributed by atoms with Crippen LogP contribution in [0.4, 0.5) is 0 Å². The fourth-order valence-electron chi connectivity index (χ4n) is 2.32. The average molecular weight is 523 g/mol. The summed E-state index contributed by atoms with van der Waals surface area (Å²) >= 11 is 13.0. The van der Waals surface area contributed by atoms with E-state index < -0.39 is 0 Å². The fourth-order valence-corrected chi connectivity index (χ4v) is 3.28. The molecule has 0 aliphatic rings. The van der Waals surface area contributed by atoms with Gasteiger partial charge in [-0.25, -0.2) is 5.43 Å². The summed E-state index contributed by atoms with van der Waals surface area (Å²) in [7, 11) is 0. The first kappa shape index (κ1) is 20.6. The van der Waals surface area contributed by atoms with Gasteiger partial charge in [-0.2, -0.15) is 5.10 Å². The first-order valence-corrected chi connectivity index (χ1v) is 10.2. The van der Waals surface area contributed by atoms with E-state index in [1.807, 2.05) is 42.5 Å². The number of halogens is 3. The van der Waals surface area contributed by atoms with Crippen LogP contribution < -0.4 is 10.2 Å². The van der Waals surface area contributed by atoms with Crippen molar-refractivity contribution in [2.24, 2.45) is 5.10 Å². The van der Waals surface area contributed by atoms with Crippen molar-refractivity contribution in [1.29, 1.82) is 0 Å². The van der Waals surface area contributed by atoms with E-state index in [0.717, 1.165) is 20.1 Å². The number of benzene rings is 3. The van der Waals surface area contributed by atoms with Crippen LogP contribution in [0.25, 0.3) is 0 Å². The summed E-state index contributed by atoms with van der Waals surface area (Å²) < 4.78 is 7.51. The van der Waals surface area contributed by atoms with Crippen LogP contribution in [0.1, 0.15) is 21.5 Å². The Morgan fingerprint density at radius 3 is 2.54 bits per heavy atom. The highest BCUT2D eigenvalue weighted by Crippen LogP contribution is 2.27. The number of hydrogen-bond acceptors (Lipinski definition) is 3. The Labute approximate surface area is 184 Å². The molecule has 3 aromatic carbocycles. The number of ether oxygens (including phenoxy) is 1. The van der Waals surface area contributed by atoms with E-state index in [2.05, 4.69) is 42.4 Å². The Morgan fingerprint density at radius 2 is 1.82 bits per heavy atom. The Kier molecular flexibility index (Phi) is 7.25. The molecule has 3 rings (SSSR count). The molecule has 0 saturated heterocycles. The first-order valence-electron chi connectivity index (χ1n) is 8.27. The highest BCUT2D eigenvalue weighted by molar-refractivity contribution is 9.10. The Bertz CT molecular complexity index is 1010. The summed E-state index contributed by atoms with van der Waals surface area (Å²) in [4.78, 5) is 12.0. The third kappa shape index (κ3) is 5.67. The second-order valence-electron chi connectivity index (χ2n) is 5.78. The van der Waals surface area contributed by atoms with Crippen molar-refractivity contribution >= 4 is 55.6 Å². The minimum atomic E-state index is -0.275. The Morgan fingerprint density at radius 1 is 1.07 bits per heavy atom. The zero-order valence-corrected chi connectivity index (χ0v) is 18.5. The number of carbonyl (C=O) groups is 1. The fraction of sp³-hybridized carbons (Fsp3) is 0.0476. The summed E-state index contributed by atoms with van der Waals surface area (Å²) in [6, 6.07) is 20.1. The number of carbonyl (C=O) groups excluding carboxylic acids is 1. The molecule has 0 heterocycles. The van der Waals surface area contributed by atoms with Crippen LogP contribution in [-0.4, -0.2) is 12.1 Å². The lowest BCUT2D eigenvalue weighted by atomic mass is 10.2. The molecule has 0 unspecified atom stereocenters. The molecule has 28 heavy (non-hydrogen) atoms. The summed E-state index contributed by atoms with van der Waals surface area (Å²) in [6.45, 7) is 0.370. The van der Waals surface area contributed by atoms with E-state index in [1.165, 1.54) is 0 Å². The smallest absolute Gasteiger partial charge is 0.271 e. The molecular weight excluding hydrogens is 508 g/mol. The van der Waals surface area contributed by atoms with Crippen molar-refractivity contribution in [3.8, 4) is 5.75 Å². The number of nitrogens with one attached hydrogen (secondary N) is 1. The molecule has 142 valence electrons. The van der Waals surface area contributed by atoms with Gasteiger partial charge in [-0.3, -0.25) is 4.79 Å². The van der Waals surface area contributed by atoms with Gasteiger partial charge in [-0.15, -0.1) is 0 Å². The van der Waals surface area contributed by atoms with Crippen LogP contribution in [-0.2, 0) is 6.61 Å². The number of amides is 1. The first-order chi connectivity index (χ1) is 13.5. The van der Waals surface area contributed by atoms with Crippen LogP contribution in [0.15, 0.2) is 80.8 Å². The van der Waals surface area contributed by atoms with Crippen molar-refractivity contribution in [3.05, 3.63) is 97.4 Å². The van der Waals surface area contributed by atoms with Crippen molar-refractivity contribution < 1.29 is 9.53 Å². The molecule has 1 N–H and O–H groups in total. The van der Waals surface area contributed by atoms with Crippen LogP contribution in [0.5, 0.6) is 5.75 Å². The molecule has 0 aromatic heterocycles. The van der Waals surface area contributed by atoms with E-state index in [9.17, 15) is 4.79 Å². The van der Waals surface area contributed by atoms with Gasteiger partial charge in [0.2, 0.25) is 0 Å². The summed E-state index contributed by atoms with van der Waals surface area (Å²) in [5, 5.41) is 4.67. The van der Waals surface area contributed by atoms with Crippen molar-refractivity contribution in [2.45, 2.75) is 6.61 Å². The highest BCUT2D eigenvalue weighted by Gasteiger charge is 2.06. The number of rotatable bonds is 6. The van der Waals surface area contributed by atoms with Gasteiger partial charge in [-0.05, 0) is 70.0 Å². The second-order valence-corrected chi connectivity index (χ2v) is 7.95. The predicted molar refractivity (Wildman–Crippen MR) is 119 cm³/mol. The van der Waals surface area contributed by atoms with Gasteiger partial charge in [0.25, 0.3) is 5.91 Å². The monoisotopic (exact) mass is 520 g/mol. The predicted octanol–water partition coefficient (Wildman–Crippen LogP) is 6.21. The van der Waals surface area contributed by atoms with E-state index in [-0.39, 0.29) is 5.91 Å². The summed E-state index contributed by atoms with van der Waals surface area (Å²) in [6.07, 6.45) is 1.57. The van der Waals surface area contributed by atoms with Gasteiger partial charge in [0.1, 0.15) is 12.4 Å². The van der Waals surface area contributed by atoms with Gasteiger partial charge in [0, 0.05) is 20.6 Å². The normalized spacial score (nSPS) is 10.8. The largest absolute Gasteiger partial charge is 0.488 e. The number of hydrogen-bond donors (Lipinski definition) is 1. The van der Waals surface area contributed by atoms with Crippen molar-refractivity contribution in [1.82, 2.24) is 5.43 Å². The van der Waals surface area contributed by atoms with Gasteiger partial charge in [0.15, 0.2) is 0 Å². The van der Waals surface area contributed by atoms with Crippen LogP contribution in [0.2, 0.25) is 5.02 Å². The average Bonchev–Trinajstić information content (AvgIpc) is 2.69. The van der Waals surface area contributed by atoms with Crippen molar-refractivity contribution in [2.75, 3.05) is 0 Å². The molecule has 3 aromatic rings. The minimum absolute atomic E-state index is 0.275. The molecule has 7 heteroatoms. The Balaban J connectivity index is 1.59. The molecule has 4 nitrogen and oxygen atoms in total. The van der Waals surface area contributed by atoms with E-state index >= 15 is 0 Å². The molecule has 0 saturated carbocycles. The standard InChI is InChI=1S/C21H15Br2ClN2O2/c22-17-8-6-15(7-9-17)21(27)26-25-12-14-5-10-20(18(23)11-14)28-13-16-3-1-2-4-19(16)24/h1-12H,13H2,(H,26,27)/b25-12-. The molecule has 0 radical (unpaired) electrons. The molecule has 1 amide bonds. The number of nitrogens with zero attached hydrogens (tertiary/aromatic N) is 1. The minimum Gasteiger partial charge on any atom is -0.488 e. The van der Waals surface area contributed by atoms with E-state index in [0.29, 0.717) is 22.9 Å². The highest BCUT2D eigenvalue weighted by atomic mass is 79.9. The number of hydrazone groups is 1. The Hall–Kier alpha value is -2.15. The maximum absolute atomic E-state index is 12.0. The molecule has 0 aliphatic carbocycles. The maximum Gasteiger partial charge on any atom is 0.271 e. The topological polar surface area (TPSA) is 50.7 Å². The third-order valence-corrected chi connectivity index (χ3v) is 5.30. The molecule has 0 atom stereocenters. The molecule has 0 spiro atoms. The zero-order chi connectivity index (χ0) is 19.9. The van der Waals surface area contributed by atoms with Crippen molar-refractivity contribution in [3.63, 3.8) is 0 Å². The van der Waals surface area contributed by atoms with Crippen LogP contribution >= 0.6 is 43.5 Å². The molecule has 0 bridgehead atoms. The van der Waals surface area contributed by atoms with E-state index in [1.54, 1.807) is 30.5 Å². The van der Waals surface area contributed by atoms with Gasteiger partial charge in [0.05, 0.1) is 10.7 Å². The lowest BCUT2D eigenvalue weighted by Gasteiger charge is -2.10. The quantitative estimate of drug-likeness (QED) is 0.309. The molecule has 0 fully saturated rings. The lowest BCUT2D eigenvalue weighted by molar-refractivity contribution is 0.0955. The van der Waals surface area contributed by atoms with Gasteiger partial charge >= 0.3 is 0 Å². The molecule has 0 aliphatic heterocycles. The van der Waals surface area contributed by atoms with Crippen LogP contribution in [0.3, 0.4) is 0 Å². The maximum atomic E-state index is 12.0. The van der Waals surface area contributed by atoms with Crippen LogP contribution in [0, 0.1) is 0 Å². The zero-order valence-electron chi connectivity index (χ0n) is 14.5. The van der Waals surface area contributed by atoms with Gasteiger partial charge < -0.3 is 4.74 Å². The second kappa shape index (κ2) is 9.87. The third-order valence-electron chi connectivity index (χ3n) is 3.78. The lowest BCUT2D eigenvalue weighted by Crippen LogP contribution is -2.17. The SMILES string of the molecule is O=C(N/N=C\c1ccc(OCc2ccccc2Cl)c(Br)c1)c1ccc(Br)cc1. The summed E-state index contributed by atoms with van der Waals surface area (Å²) in [5.41, 5.74) is 4.77.